The fourth-order valence-corrected chi connectivity index (χ4v) is 5.67. The van der Waals surface area contributed by atoms with Crippen LogP contribution >= 0.6 is 0 Å². The van der Waals surface area contributed by atoms with E-state index in [1.165, 1.54) is 25.0 Å². The van der Waals surface area contributed by atoms with Crippen molar-refractivity contribution >= 4 is 30.5 Å². The molecular formula is C33H60N8O5. The summed E-state index contributed by atoms with van der Waals surface area (Å²) in [4.78, 5) is 74.0. The van der Waals surface area contributed by atoms with E-state index in [0.29, 0.717) is 32.0 Å². The van der Waals surface area contributed by atoms with Gasteiger partial charge >= 0.3 is 0 Å². The van der Waals surface area contributed by atoms with Crippen molar-refractivity contribution in [3.63, 3.8) is 0 Å². The molecule has 2 unspecified atom stereocenters. The average Bonchev–Trinajstić information content (AvgIpc) is 3.63. The van der Waals surface area contributed by atoms with Crippen LogP contribution in [0, 0.1) is 5.41 Å². The molecule has 5 amide bonds. The molecule has 2 aliphatic rings. The molecule has 0 aromatic carbocycles. The van der Waals surface area contributed by atoms with E-state index >= 15 is 0 Å². The predicted octanol–water partition coefficient (Wildman–Crippen LogP) is 2.82. The molecule has 3 N–H and O–H groups in total. The summed E-state index contributed by atoms with van der Waals surface area (Å²) >= 11 is 0. The first-order chi connectivity index (χ1) is 21.8. The van der Waals surface area contributed by atoms with Crippen molar-refractivity contribution in [1.29, 1.82) is 0 Å². The van der Waals surface area contributed by atoms with Crippen LogP contribution in [0.5, 0.6) is 0 Å². The highest BCUT2D eigenvalue weighted by atomic mass is 16.2. The number of aromatic nitrogens is 2. The number of hydrogen-bond acceptors (Lipinski definition) is 8. The molecule has 0 spiro atoms. The van der Waals surface area contributed by atoms with E-state index in [1.54, 1.807) is 7.05 Å². The maximum absolute atomic E-state index is 14.0. The molecule has 262 valence electrons. The molecule has 0 saturated carbocycles. The first-order valence-corrected chi connectivity index (χ1v) is 16.5. The largest absolute Gasteiger partial charge is 0.362 e. The van der Waals surface area contributed by atoms with Gasteiger partial charge in [-0.05, 0) is 39.0 Å². The molecule has 2 fully saturated rings. The lowest BCUT2D eigenvalue weighted by atomic mass is 9.85. The van der Waals surface area contributed by atoms with Gasteiger partial charge in [0.2, 0.25) is 24.6 Å². The number of likely N-dealkylation sites (N-methyl/N-ethyl adjacent to an activating group) is 1. The number of carbonyl (C=O) groups is 5. The van der Waals surface area contributed by atoms with Crippen molar-refractivity contribution in [2.45, 2.75) is 119 Å². The van der Waals surface area contributed by atoms with Crippen LogP contribution in [0.2, 0.25) is 0 Å². The van der Waals surface area contributed by atoms with E-state index in [0.717, 1.165) is 25.8 Å². The molecule has 0 aliphatic carbocycles. The van der Waals surface area contributed by atoms with Gasteiger partial charge in [0.25, 0.3) is 5.91 Å². The van der Waals surface area contributed by atoms with Crippen molar-refractivity contribution in [2.24, 2.45) is 5.41 Å². The lowest BCUT2D eigenvalue weighted by Gasteiger charge is -2.47. The third-order valence-electron chi connectivity index (χ3n) is 7.69. The molecule has 1 aromatic heterocycles. The topological polar surface area (TPSA) is 157 Å². The Balaban J connectivity index is 0.00000201. The SMILES string of the molecule is CC.CCC.CCN(C=O)C1(N2CCC[C@H]2C)C[C@@H](C)N(C(=O)C(NC(=O)CNC(=O)c2cnccn2)C(C)(C)C)C1.CNC=O. The van der Waals surface area contributed by atoms with Gasteiger partial charge in [-0.3, -0.25) is 33.9 Å². The summed E-state index contributed by atoms with van der Waals surface area (Å²) in [6.45, 7) is 21.6. The third kappa shape index (κ3) is 12.0. The summed E-state index contributed by atoms with van der Waals surface area (Å²) in [6.07, 6.45) is 9.70. The zero-order valence-electron chi connectivity index (χ0n) is 30.1. The standard InChI is InChI=1S/C26H41N7O4.C3H8.C2H5NO.C2H6/c1-7-31(17-34)26(33-12-8-9-18(33)2)13-19(3)32(16-26)24(37)22(25(4,5)6)30-21(35)15-29-23(36)20-14-27-10-11-28-20;1-3-2;1-3-2-4;1-2/h10-11,14,17-19,22H,7-9,12-13,15-16H2,1-6H3,(H,29,36)(H,30,35);3H2,1-2H3;2H,1H3,(H,3,4);1-2H3/t18-,19-,22?,26?;;;/m1.../s1. The van der Waals surface area contributed by atoms with Crippen molar-refractivity contribution < 1.29 is 24.0 Å². The fraction of sp³-hybridized carbons (Fsp3) is 0.727. The number of nitrogens with zero attached hydrogens (tertiary/aromatic N) is 5. The molecule has 4 atom stereocenters. The zero-order valence-corrected chi connectivity index (χ0v) is 30.1. The van der Waals surface area contributed by atoms with E-state index in [2.05, 4.69) is 51.6 Å². The van der Waals surface area contributed by atoms with E-state index in [-0.39, 0.29) is 24.2 Å². The fourth-order valence-electron chi connectivity index (χ4n) is 5.67. The van der Waals surface area contributed by atoms with Gasteiger partial charge in [0.1, 0.15) is 17.4 Å². The predicted molar refractivity (Wildman–Crippen MR) is 181 cm³/mol. The maximum atomic E-state index is 14.0. The number of hydrogen-bond donors (Lipinski definition) is 3. The van der Waals surface area contributed by atoms with Crippen LogP contribution in [-0.4, -0.2) is 112 Å². The van der Waals surface area contributed by atoms with E-state index in [4.69, 9.17) is 4.79 Å². The molecule has 13 heteroatoms. The van der Waals surface area contributed by atoms with Crippen molar-refractivity contribution in [3.8, 4) is 0 Å². The molecule has 13 nitrogen and oxygen atoms in total. The van der Waals surface area contributed by atoms with Crippen molar-refractivity contribution in [3.05, 3.63) is 24.3 Å². The van der Waals surface area contributed by atoms with E-state index < -0.39 is 28.9 Å². The number of nitrogens with one attached hydrogen (secondary N) is 3. The summed E-state index contributed by atoms with van der Waals surface area (Å²) in [5, 5.41) is 7.62. The first-order valence-electron chi connectivity index (χ1n) is 16.5. The Bertz CT molecular complexity index is 1070. The molecule has 2 aliphatic heterocycles. The number of likely N-dealkylation sites (tertiary alicyclic amines) is 2. The molecule has 0 bridgehead atoms. The Morgan fingerprint density at radius 1 is 1.11 bits per heavy atom. The summed E-state index contributed by atoms with van der Waals surface area (Å²) in [5.74, 6) is -1.18. The average molecular weight is 649 g/mol. The summed E-state index contributed by atoms with van der Waals surface area (Å²) in [5.41, 5.74) is -1.05. The first kappa shape index (κ1) is 42.4. The summed E-state index contributed by atoms with van der Waals surface area (Å²) < 4.78 is 0. The van der Waals surface area contributed by atoms with E-state index in [1.807, 2.05) is 58.3 Å². The van der Waals surface area contributed by atoms with Gasteiger partial charge in [-0.25, -0.2) is 4.98 Å². The molecule has 46 heavy (non-hydrogen) atoms. The van der Waals surface area contributed by atoms with Crippen molar-refractivity contribution in [2.75, 3.05) is 33.2 Å². The van der Waals surface area contributed by atoms with Crippen LogP contribution in [0.1, 0.15) is 105 Å². The second-order valence-corrected chi connectivity index (χ2v) is 12.3. The molecular weight excluding hydrogens is 588 g/mol. The van der Waals surface area contributed by atoms with Crippen LogP contribution in [0.25, 0.3) is 0 Å². The quantitative estimate of drug-likeness (QED) is 0.327. The second-order valence-electron chi connectivity index (χ2n) is 12.3. The molecule has 0 radical (unpaired) electrons. The van der Waals surface area contributed by atoms with Crippen LogP contribution in [0.4, 0.5) is 0 Å². The Kier molecular flexibility index (Phi) is 19.6. The summed E-state index contributed by atoms with van der Waals surface area (Å²) in [7, 11) is 1.56. The van der Waals surface area contributed by atoms with Crippen molar-refractivity contribution in [1.82, 2.24) is 40.6 Å². The van der Waals surface area contributed by atoms with Gasteiger partial charge in [0.15, 0.2) is 0 Å². The van der Waals surface area contributed by atoms with Gasteiger partial charge < -0.3 is 25.8 Å². The van der Waals surface area contributed by atoms with Gasteiger partial charge in [0, 0.05) is 51.0 Å². The Labute approximate surface area is 276 Å². The van der Waals surface area contributed by atoms with Crippen LogP contribution in [0.3, 0.4) is 0 Å². The molecule has 3 rings (SSSR count). The van der Waals surface area contributed by atoms with Gasteiger partial charge in [-0.2, -0.15) is 0 Å². The van der Waals surface area contributed by atoms with Gasteiger partial charge in [-0.15, -0.1) is 0 Å². The normalized spacial score (nSPS) is 21.1. The minimum atomic E-state index is -0.811. The van der Waals surface area contributed by atoms with Crippen LogP contribution < -0.4 is 16.0 Å². The summed E-state index contributed by atoms with van der Waals surface area (Å²) in [6, 6.07) is -0.617. The lowest BCUT2D eigenvalue weighted by Crippen LogP contribution is -2.63. The van der Waals surface area contributed by atoms with Gasteiger partial charge in [0.05, 0.1) is 19.3 Å². The highest BCUT2D eigenvalue weighted by molar-refractivity contribution is 5.95. The maximum Gasteiger partial charge on any atom is 0.271 e. The van der Waals surface area contributed by atoms with E-state index in [9.17, 15) is 19.2 Å². The highest BCUT2D eigenvalue weighted by Crippen LogP contribution is 2.40. The van der Waals surface area contributed by atoms with Crippen LogP contribution in [0.15, 0.2) is 18.6 Å². The van der Waals surface area contributed by atoms with Gasteiger partial charge in [-0.1, -0.05) is 54.9 Å². The minimum absolute atomic E-state index is 0.104. The number of amides is 5. The third-order valence-corrected chi connectivity index (χ3v) is 7.69. The second kappa shape index (κ2) is 21.2. The number of carbonyl (C=O) groups excluding carboxylic acids is 5. The molecule has 1 aromatic rings. The highest BCUT2D eigenvalue weighted by Gasteiger charge is 2.54. The lowest BCUT2D eigenvalue weighted by molar-refractivity contribution is -0.143. The Morgan fingerprint density at radius 3 is 2.15 bits per heavy atom. The minimum Gasteiger partial charge on any atom is -0.362 e. The zero-order chi connectivity index (χ0) is 35.5. The van der Waals surface area contributed by atoms with Crippen LogP contribution in [-0.2, 0) is 19.2 Å². The molecule has 2 saturated heterocycles. The Morgan fingerprint density at radius 2 is 1.72 bits per heavy atom. The monoisotopic (exact) mass is 648 g/mol. The Hall–Kier alpha value is -3.61. The number of rotatable bonds is 10. The smallest absolute Gasteiger partial charge is 0.271 e. The molecule has 3 heterocycles.